The molecule has 0 aliphatic heterocycles. The van der Waals surface area contributed by atoms with Crippen LogP contribution in [-0.4, -0.2) is 49.9 Å². The van der Waals surface area contributed by atoms with E-state index in [9.17, 15) is 18.0 Å². The second-order valence-electron chi connectivity index (χ2n) is 5.64. The van der Waals surface area contributed by atoms with Gasteiger partial charge in [-0.05, 0) is 19.4 Å². The highest BCUT2D eigenvalue weighted by Gasteiger charge is 2.28. The van der Waals surface area contributed by atoms with E-state index >= 15 is 0 Å². The minimum absolute atomic E-state index is 0.0856. The molecule has 1 atom stereocenters. The topological polar surface area (TPSA) is 119 Å². The molecule has 0 bridgehead atoms. The second kappa shape index (κ2) is 9.03. The maximum Gasteiger partial charge on any atom is 0.315 e. The Morgan fingerprint density at radius 1 is 1.28 bits per heavy atom. The Bertz CT molecular complexity index is 753. The SMILES string of the molecule is CCN(C#N)C(=O)C(CS(C)(=O)=O)NC(=O)NCc1ccc(C)cc1. The van der Waals surface area contributed by atoms with Crippen LogP contribution >= 0.6 is 0 Å². The molecule has 0 heterocycles. The molecule has 0 saturated heterocycles. The zero-order chi connectivity index (χ0) is 19.0. The number of rotatable bonds is 7. The highest BCUT2D eigenvalue weighted by atomic mass is 32.2. The summed E-state index contributed by atoms with van der Waals surface area (Å²) in [6.45, 7) is 3.83. The summed E-state index contributed by atoms with van der Waals surface area (Å²) < 4.78 is 23.0. The van der Waals surface area contributed by atoms with Crippen molar-refractivity contribution < 1.29 is 18.0 Å². The molecule has 2 N–H and O–H groups in total. The maximum atomic E-state index is 12.2. The fourth-order valence-electron chi connectivity index (χ4n) is 2.04. The molecule has 1 unspecified atom stereocenters. The van der Waals surface area contributed by atoms with Crippen molar-refractivity contribution in [2.75, 3.05) is 18.6 Å². The van der Waals surface area contributed by atoms with Crippen LogP contribution in [0.1, 0.15) is 18.1 Å². The maximum absolute atomic E-state index is 12.2. The van der Waals surface area contributed by atoms with Crippen molar-refractivity contribution in [1.29, 1.82) is 5.26 Å². The third kappa shape index (κ3) is 7.22. The number of amides is 3. The van der Waals surface area contributed by atoms with E-state index in [0.717, 1.165) is 22.3 Å². The highest BCUT2D eigenvalue weighted by molar-refractivity contribution is 7.90. The van der Waals surface area contributed by atoms with Crippen molar-refractivity contribution in [2.24, 2.45) is 0 Å². The summed E-state index contributed by atoms with van der Waals surface area (Å²) >= 11 is 0. The Morgan fingerprint density at radius 2 is 1.88 bits per heavy atom. The monoisotopic (exact) mass is 366 g/mol. The average molecular weight is 366 g/mol. The number of likely N-dealkylation sites (N-methyl/N-ethyl adjacent to an activating group) is 1. The first-order valence-corrected chi connectivity index (χ1v) is 9.71. The Hall–Kier alpha value is -2.60. The third-order valence-corrected chi connectivity index (χ3v) is 4.29. The number of carbonyl (C=O) groups excluding carboxylic acids is 2. The van der Waals surface area contributed by atoms with Gasteiger partial charge < -0.3 is 10.6 Å². The molecule has 0 aliphatic carbocycles. The van der Waals surface area contributed by atoms with Crippen LogP contribution in [0.3, 0.4) is 0 Å². The van der Waals surface area contributed by atoms with E-state index in [1.807, 2.05) is 31.2 Å². The minimum Gasteiger partial charge on any atom is -0.334 e. The zero-order valence-corrected chi connectivity index (χ0v) is 15.3. The van der Waals surface area contributed by atoms with Gasteiger partial charge in [-0.1, -0.05) is 29.8 Å². The quantitative estimate of drug-likeness (QED) is 0.539. The Kier molecular flexibility index (Phi) is 7.39. The summed E-state index contributed by atoms with van der Waals surface area (Å²) in [4.78, 5) is 25.0. The van der Waals surface area contributed by atoms with Crippen LogP contribution in [0.2, 0.25) is 0 Å². The van der Waals surface area contributed by atoms with Crippen LogP contribution in [0.25, 0.3) is 0 Å². The molecule has 0 aromatic heterocycles. The average Bonchev–Trinajstić information content (AvgIpc) is 2.53. The molecule has 136 valence electrons. The van der Waals surface area contributed by atoms with Crippen LogP contribution < -0.4 is 10.6 Å². The fourth-order valence-corrected chi connectivity index (χ4v) is 2.87. The first-order chi connectivity index (χ1) is 11.7. The number of nitrogens with one attached hydrogen (secondary N) is 2. The predicted octanol–water partition coefficient (Wildman–Crippen LogP) is 0.537. The van der Waals surface area contributed by atoms with Gasteiger partial charge in [0.05, 0.1) is 5.75 Å². The standard InChI is InChI=1S/C16H22N4O4S/c1-4-20(11-17)15(21)14(10-25(3,23)24)19-16(22)18-9-13-7-5-12(2)6-8-13/h5-8,14H,4,9-10H2,1-3H3,(H2,18,19,22). The molecule has 0 saturated carbocycles. The van der Waals surface area contributed by atoms with Crippen LogP contribution in [0.4, 0.5) is 4.79 Å². The number of nitriles is 1. The van der Waals surface area contributed by atoms with Gasteiger partial charge >= 0.3 is 6.03 Å². The number of carbonyl (C=O) groups is 2. The fraction of sp³-hybridized carbons (Fsp3) is 0.438. The summed E-state index contributed by atoms with van der Waals surface area (Å²) in [6, 6.07) is 5.49. The molecule has 0 radical (unpaired) electrons. The molecule has 0 aliphatic rings. The van der Waals surface area contributed by atoms with Gasteiger partial charge in [-0.15, -0.1) is 0 Å². The first-order valence-electron chi connectivity index (χ1n) is 7.65. The highest BCUT2D eigenvalue weighted by Crippen LogP contribution is 2.03. The van der Waals surface area contributed by atoms with Crippen LogP contribution in [-0.2, 0) is 21.2 Å². The molecule has 25 heavy (non-hydrogen) atoms. The number of sulfone groups is 1. The molecule has 0 spiro atoms. The molecule has 1 aromatic rings. The van der Waals surface area contributed by atoms with Gasteiger partial charge in [-0.2, -0.15) is 5.26 Å². The summed E-state index contributed by atoms with van der Waals surface area (Å²) in [5.74, 6) is -1.34. The lowest BCUT2D eigenvalue weighted by Gasteiger charge is -2.21. The van der Waals surface area contributed by atoms with Crippen LogP contribution in [0, 0.1) is 18.4 Å². The third-order valence-electron chi connectivity index (χ3n) is 3.35. The van der Waals surface area contributed by atoms with Gasteiger partial charge in [0.1, 0.15) is 15.9 Å². The van der Waals surface area contributed by atoms with Crippen molar-refractivity contribution in [3.8, 4) is 6.19 Å². The van der Waals surface area contributed by atoms with Crippen molar-refractivity contribution in [3.63, 3.8) is 0 Å². The van der Waals surface area contributed by atoms with Crippen molar-refractivity contribution in [1.82, 2.24) is 15.5 Å². The largest absolute Gasteiger partial charge is 0.334 e. The molecular weight excluding hydrogens is 344 g/mol. The normalized spacial score (nSPS) is 11.9. The molecule has 1 aromatic carbocycles. The Labute approximate surface area is 147 Å². The van der Waals surface area contributed by atoms with Crippen molar-refractivity contribution in [2.45, 2.75) is 26.4 Å². The molecular formula is C16H22N4O4S. The van der Waals surface area contributed by atoms with Gasteiger partial charge in [0.15, 0.2) is 6.19 Å². The van der Waals surface area contributed by atoms with Crippen molar-refractivity contribution in [3.05, 3.63) is 35.4 Å². The summed E-state index contributed by atoms with van der Waals surface area (Å²) in [7, 11) is -3.54. The van der Waals surface area contributed by atoms with E-state index in [4.69, 9.17) is 5.26 Å². The number of hydrogen-bond donors (Lipinski definition) is 2. The summed E-state index contributed by atoms with van der Waals surface area (Å²) in [5.41, 5.74) is 1.95. The lowest BCUT2D eigenvalue weighted by atomic mass is 10.1. The lowest BCUT2D eigenvalue weighted by Crippen LogP contribution is -2.53. The van der Waals surface area contributed by atoms with E-state index in [0.29, 0.717) is 0 Å². The lowest BCUT2D eigenvalue weighted by molar-refractivity contribution is -0.129. The molecule has 1 rings (SSSR count). The number of aryl methyl sites for hydroxylation is 1. The summed E-state index contributed by atoms with van der Waals surface area (Å²) in [5, 5.41) is 13.8. The van der Waals surface area contributed by atoms with Gasteiger partial charge in [0, 0.05) is 19.3 Å². The molecule has 0 fully saturated rings. The zero-order valence-electron chi connectivity index (χ0n) is 14.4. The number of benzene rings is 1. The number of urea groups is 1. The Balaban J connectivity index is 2.75. The van der Waals surface area contributed by atoms with E-state index in [1.54, 1.807) is 13.1 Å². The van der Waals surface area contributed by atoms with Gasteiger partial charge in [-0.25, -0.2) is 18.1 Å². The van der Waals surface area contributed by atoms with Gasteiger partial charge in [0.25, 0.3) is 5.91 Å². The summed E-state index contributed by atoms with van der Waals surface area (Å²) in [6.07, 6.45) is 2.63. The first kappa shape index (κ1) is 20.4. The van der Waals surface area contributed by atoms with E-state index in [2.05, 4.69) is 10.6 Å². The van der Waals surface area contributed by atoms with Crippen LogP contribution in [0.15, 0.2) is 24.3 Å². The molecule has 9 heteroatoms. The molecule has 3 amide bonds. The van der Waals surface area contributed by atoms with E-state index in [-0.39, 0.29) is 13.1 Å². The molecule has 8 nitrogen and oxygen atoms in total. The second-order valence-corrected chi connectivity index (χ2v) is 7.82. The smallest absolute Gasteiger partial charge is 0.315 e. The van der Waals surface area contributed by atoms with Gasteiger partial charge in [-0.3, -0.25) is 4.79 Å². The minimum atomic E-state index is -3.54. The van der Waals surface area contributed by atoms with E-state index in [1.165, 1.54) is 0 Å². The van der Waals surface area contributed by atoms with E-state index < -0.39 is 33.6 Å². The van der Waals surface area contributed by atoms with Crippen LogP contribution in [0.5, 0.6) is 0 Å². The number of nitrogens with zero attached hydrogens (tertiary/aromatic N) is 2. The van der Waals surface area contributed by atoms with Crippen molar-refractivity contribution >= 4 is 21.8 Å². The predicted molar refractivity (Wildman–Crippen MR) is 93.0 cm³/mol. The number of hydrogen-bond acceptors (Lipinski definition) is 5. The Morgan fingerprint density at radius 3 is 2.36 bits per heavy atom. The van der Waals surface area contributed by atoms with Gasteiger partial charge in [0.2, 0.25) is 0 Å².